The molecule has 0 aromatic rings. The number of halogens is 2. The predicted octanol–water partition coefficient (Wildman–Crippen LogP) is 3.00. The Kier molecular flexibility index (Phi) is 10.2. The summed E-state index contributed by atoms with van der Waals surface area (Å²) >= 11 is 6.12. The molecule has 3 N–H and O–H groups in total. The second-order valence-electron chi connectivity index (χ2n) is 10.9. The van der Waals surface area contributed by atoms with Crippen LogP contribution in [0.1, 0.15) is 41.5 Å². The number of alkyl halides is 2. The van der Waals surface area contributed by atoms with Crippen LogP contribution in [0.5, 0.6) is 0 Å². The zero-order chi connectivity index (χ0) is 29.1. The molecule has 2 aliphatic heterocycles. The van der Waals surface area contributed by atoms with E-state index >= 15 is 4.39 Å². The molecule has 0 aromatic carbocycles. The van der Waals surface area contributed by atoms with E-state index in [1.807, 2.05) is 0 Å². The van der Waals surface area contributed by atoms with Crippen LogP contribution in [0.2, 0.25) is 0 Å². The molecule has 4 atom stereocenters. The minimum atomic E-state index is -4.42. The largest absolute Gasteiger partial charge is 0.438 e. The Balaban J connectivity index is 2.27. The van der Waals surface area contributed by atoms with E-state index in [0.29, 0.717) is 0 Å². The summed E-state index contributed by atoms with van der Waals surface area (Å²) in [6.07, 6.45) is -3.46. The van der Waals surface area contributed by atoms with E-state index in [0.717, 1.165) is 0 Å². The highest BCUT2D eigenvalue weighted by Gasteiger charge is 2.60. The second-order valence-corrected chi connectivity index (χ2v) is 13.2. The van der Waals surface area contributed by atoms with Crippen LogP contribution in [-0.4, -0.2) is 77.5 Å². The number of aliphatic hydroxyl groups is 1. The van der Waals surface area contributed by atoms with Crippen LogP contribution in [0.3, 0.4) is 0 Å². The van der Waals surface area contributed by atoms with Gasteiger partial charge in [-0.25, -0.2) is 9.38 Å². The lowest BCUT2D eigenvalue weighted by molar-refractivity contribution is -0.162. The number of aliphatic imine (C=N–C) groups is 1. The van der Waals surface area contributed by atoms with Gasteiger partial charge in [-0.1, -0.05) is 6.58 Å². The van der Waals surface area contributed by atoms with Gasteiger partial charge in [-0.05, 0) is 47.6 Å². The van der Waals surface area contributed by atoms with Gasteiger partial charge in [-0.15, -0.1) is 11.6 Å². The van der Waals surface area contributed by atoms with Crippen LogP contribution in [0.25, 0.3) is 0 Å². The first-order valence-corrected chi connectivity index (χ1v) is 13.9. The van der Waals surface area contributed by atoms with Crippen LogP contribution in [-0.2, 0) is 37.4 Å². The van der Waals surface area contributed by atoms with Gasteiger partial charge in [0.1, 0.15) is 23.4 Å². The van der Waals surface area contributed by atoms with Crippen LogP contribution >= 0.6 is 19.2 Å². The average Bonchev–Trinajstić information content (AvgIpc) is 3.03. The number of ether oxygens (including phenoxy) is 3. The molecule has 0 amide bonds. The maximum atomic E-state index is 15.3. The van der Waals surface area contributed by atoms with Crippen molar-refractivity contribution >= 4 is 37.0 Å². The number of nitrogens with two attached hydrogens (primary N) is 1. The van der Waals surface area contributed by atoms with E-state index in [2.05, 4.69) is 11.6 Å². The SMILES string of the molecule is C=C1N=C(N)C=CN1[C@@H]1O[C@](CCl)(CP(=O)(OCOC(=O)C(C)(C)C)OCOC(=O)C(C)(C)C)[C@@H](O)[C@H]1F. The van der Waals surface area contributed by atoms with Gasteiger partial charge in [-0.2, -0.15) is 0 Å². The molecule has 0 saturated carbocycles. The lowest BCUT2D eigenvalue weighted by Gasteiger charge is -2.34. The van der Waals surface area contributed by atoms with Crippen molar-refractivity contribution in [2.75, 3.05) is 25.6 Å². The number of carbonyl (C=O) groups is 2. The van der Waals surface area contributed by atoms with Gasteiger partial charge in [0, 0.05) is 6.20 Å². The van der Waals surface area contributed by atoms with Crippen LogP contribution in [0.4, 0.5) is 4.39 Å². The molecule has 0 bridgehead atoms. The number of esters is 2. The van der Waals surface area contributed by atoms with E-state index < -0.39 is 80.1 Å². The summed E-state index contributed by atoms with van der Waals surface area (Å²) in [7, 11) is -4.42. The summed E-state index contributed by atoms with van der Waals surface area (Å²) < 4.78 is 55.5. The Morgan fingerprint density at radius 2 is 1.71 bits per heavy atom. The number of hydrogen-bond donors (Lipinski definition) is 2. The second kappa shape index (κ2) is 12.0. The molecule has 12 nitrogen and oxygen atoms in total. The Hall–Kier alpha value is -2.02. The fourth-order valence-corrected chi connectivity index (χ4v) is 5.40. The molecule has 0 radical (unpaired) electrons. The molecule has 0 aromatic heterocycles. The molecule has 2 rings (SSSR count). The highest BCUT2D eigenvalue weighted by atomic mass is 35.5. The first-order valence-electron chi connectivity index (χ1n) is 11.6. The van der Waals surface area contributed by atoms with Gasteiger partial charge >= 0.3 is 19.5 Å². The number of nitrogens with zero attached hydrogens (tertiary/aromatic N) is 2. The molecule has 216 valence electrons. The van der Waals surface area contributed by atoms with Gasteiger partial charge in [0.25, 0.3) is 0 Å². The molecule has 2 heterocycles. The van der Waals surface area contributed by atoms with Gasteiger partial charge in [0.05, 0.1) is 22.9 Å². The number of hydrogen-bond acceptors (Lipinski definition) is 12. The van der Waals surface area contributed by atoms with E-state index in [9.17, 15) is 19.3 Å². The summed E-state index contributed by atoms with van der Waals surface area (Å²) in [6, 6.07) is 0. The third kappa shape index (κ3) is 7.77. The summed E-state index contributed by atoms with van der Waals surface area (Å²) in [4.78, 5) is 29.4. The first-order chi connectivity index (χ1) is 17.3. The maximum absolute atomic E-state index is 15.3. The molecular formula is C23H36ClFN3O9P. The summed E-state index contributed by atoms with van der Waals surface area (Å²) in [5, 5.41) is 10.8. The highest BCUT2D eigenvalue weighted by Crippen LogP contribution is 2.54. The van der Waals surface area contributed by atoms with Crippen molar-refractivity contribution in [3.05, 3.63) is 24.7 Å². The Morgan fingerprint density at radius 3 is 2.13 bits per heavy atom. The highest BCUT2D eigenvalue weighted by molar-refractivity contribution is 7.53. The quantitative estimate of drug-likeness (QED) is 0.168. The number of amidine groups is 1. The molecule has 1 saturated heterocycles. The van der Waals surface area contributed by atoms with E-state index in [-0.39, 0.29) is 11.7 Å². The average molecular weight is 584 g/mol. The van der Waals surface area contributed by atoms with Crippen molar-refractivity contribution in [3.8, 4) is 0 Å². The fourth-order valence-electron chi connectivity index (χ4n) is 3.24. The van der Waals surface area contributed by atoms with Crippen molar-refractivity contribution in [2.24, 2.45) is 21.6 Å². The minimum Gasteiger partial charge on any atom is -0.438 e. The third-order valence-electron chi connectivity index (χ3n) is 5.50. The molecule has 2 aliphatic rings. The zero-order valence-electron chi connectivity index (χ0n) is 22.3. The summed E-state index contributed by atoms with van der Waals surface area (Å²) in [5.41, 5.74) is 1.86. The van der Waals surface area contributed by atoms with Gasteiger partial charge in [-0.3, -0.25) is 23.2 Å². The lowest BCUT2D eigenvalue weighted by atomic mass is 9.98. The third-order valence-corrected chi connectivity index (χ3v) is 7.87. The maximum Gasteiger partial charge on any atom is 0.339 e. The Labute approximate surface area is 226 Å². The van der Waals surface area contributed by atoms with Crippen LogP contribution in [0.15, 0.2) is 29.7 Å². The normalized spacial score (nSPS) is 26.3. The molecule has 0 aliphatic carbocycles. The van der Waals surface area contributed by atoms with E-state index in [4.69, 9.17) is 40.6 Å². The topological polar surface area (TPSA) is 159 Å². The number of rotatable bonds is 10. The summed E-state index contributed by atoms with van der Waals surface area (Å²) in [6.45, 7) is 11.7. The molecule has 0 unspecified atom stereocenters. The van der Waals surface area contributed by atoms with Crippen molar-refractivity contribution in [1.29, 1.82) is 0 Å². The summed E-state index contributed by atoms with van der Waals surface area (Å²) in [5.74, 6) is -1.70. The molecular weight excluding hydrogens is 548 g/mol. The lowest BCUT2D eigenvalue weighted by Crippen LogP contribution is -2.47. The molecule has 0 spiro atoms. The van der Waals surface area contributed by atoms with E-state index in [1.54, 1.807) is 41.5 Å². The van der Waals surface area contributed by atoms with Crippen molar-refractivity contribution in [3.63, 3.8) is 0 Å². The first kappa shape index (κ1) is 32.2. The van der Waals surface area contributed by atoms with Crippen molar-refractivity contribution < 1.29 is 46.9 Å². The van der Waals surface area contributed by atoms with Gasteiger partial charge in [0.2, 0.25) is 13.6 Å². The monoisotopic (exact) mass is 583 g/mol. The van der Waals surface area contributed by atoms with Gasteiger partial charge < -0.3 is 30.0 Å². The Morgan fingerprint density at radius 1 is 1.21 bits per heavy atom. The molecule has 1 fully saturated rings. The zero-order valence-corrected chi connectivity index (χ0v) is 24.0. The van der Waals surface area contributed by atoms with Crippen molar-refractivity contribution in [2.45, 2.75) is 65.6 Å². The number of carbonyl (C=O) groups excluding carboxylic acids is 2. The van der Waals surface area contributed by atoms with Gasteiger partial charge in [0.15, 0.2) is 12.4 Å². The molecule has 15 heteroatoms. The minimum absolute atomic E-state index is 0.0362. The fraction of sp³-hybridized carbons (Fsp3) is 0.696. The van der Waals surface area contributed by atoms with E-state index in [1.165, 1.54) is 17.2 Å². The number of aliphatic hydroxyl groups excluding tert-OH is 1. The standard InChI is InChI=1S/C23H36ClFN3O9P/c1-14-27-15(26)8-9-28(14)18-16(25)17(29)23(10-24,37-18)11-38(32,35-12-33-19(30)21(2,3)4)36-13-34-20(31)22(5,6)7/h8-9,16-18,29H,1,10-13H2,2-7H3,(H2,26,27)/t16-,17+,18-,23-/m1/s1. The smallest absolute Gasteiger partial charge is 0.339 e. The van der Waals surface area contributed by atoms with Crippen LogP contribution in [0, 0.1) is 10.8 Å². The van der Waals surface area contributed by atoms with Crippen LogP contribution < -0.4 is 5.73 Å². The van der Waals surface area contributed by atoms with Crippen molar-refractivity contribution in [1.82, 2.24) is 4.90 Å². The Bertz CT molecular complexity index is 991. The predicted molar refractivity (Wildman–Crippen MR) is 136 cm³/mol. The molecule has 38 heavy (non-hydrogen) atoms.